The third kappa shape index (κ3) is 8.07. The summed E-state index contributed by atoms with van der Waals surface area (Å²) in [6.45, 7) is 8.63. The molecule has 8 heteroatoms. The van der Waals surface area contributed by atoms with Crippen molar-refractivity contribution in [3.63, 3.8) is 0 Å². The summed E-state index contributed by atoms with van der Waals surface area (Å²) >= 11 is 0. The second-order valence-corrected chi connectivity index (χ2v) is 8.26. The lowest BCUT2D eigenvalue weighted by Crippen LogP contribution is -2.53. The third-order valence-corrected chi connectivity index (χ3v) is 4.97. The van der Waals surface area contributed by atoms with E-state index in [4.69, 9.17) is 4.74 Å². The molecule has 0 aliphatic carbocycles. The van der Waals surface area contributed by atoms with Crippen LogP contribution >= 0.6 is 0 Å². The number of hydrogen-bond donors (Lipinski definition) is 3. The predicted octanol–water partition coefficient (Wildman–Crippen LogP) is 2.96. The normalized spacial score (nSPS) is 12.4. The molecule has 0 saturated carbocycles. The number of hydrogen-bond acceptors (Lipinski definition) is 5. The highest BCUT2D eigenvalue weighted by Gasteiger charge is 2.27. The van der Waals surface area contributed by atoms with E-state index in [0.29, 0.717) is 11.3 Å². The molecular formula is C25H31N3O5. The van der Waals surface area contributed by atoms with E-state index < -0.39 is 23.9 Å². The minimum absolute atomic E-state index is 0.154. The summed E-state index contributed by atoms with van der Waals surface area (Å²) in [6.07, 6.45) is 0. The van der Waals surface area contributed by atoms with Crippen LogP contribution in [-0.2, 0) is 25.7 Å². The summed E-state index contributed by atoms with van der Waals surface area (Å²) in [5, 5.41) is 8.15. The predicted molar refractivity (Wildman–Crippen MR) is 125 cm³/mol. The standard InChI is InChI=1S/C25H31N3O5/c1-15(2)22(28-24(31)20-10-6-16(3)7-11-20)25(32)26-17(4)23(30)27-21-12-8-19(9-13-21)14-33-18(5)29/h6-13,15,17,22H,14H2,1-5H3,(H,26,32)(H,27,30)(H,28,31). The molecule has 2 aromatic carbocycles. The number of aryl methyl sites for hydroxylation is 1. The summed E-state index contributed by atoms with van der Waals surface area (Å²) in [4.78, 5) is 48.8. The number of esters is 1. The second kappa shape index (κ2) is 11.8. The Morgan fingerprint density at radius 1 is 0.848 bits per heavy atom. The third-order valence-electron chi connectivity index (χ3n) is 4.97. The second-order valence-electron chi connectivity index (χ2n) is 8.26. The molecule has 3 N–H and O–H groups in total. The van der Waals surface area contributed by atoms with Crippen molar-refractivity contribution in [2.75, 3.05) is 5.32 Å². The van der Waals surface area contributed by atoms with Crippen molar-refractivity contribution in [1.29, 1.82) is 0 Å². The van der Waals surface area contributed by atoms with Gasteiger partial charge < -0.3 is 20.7 Å². The van der Waals surface area contributed by atoms with Gasteiger partial charge in [0.15, 0.2) is 0 Å². The molecule has 0 saturated heterocycles. The molecule has 176 valence electrons. The van der Waals surface area contributed by atoms with Crippen LogP contribution in [0.5, 0.6) is 0 Å². The molecule has 8 nitrogen and oxygen atoms in total. The number of ether oxygens (including phenoxy) is 1. The van der Waals surface area contributed by atoms with Gasteiger partial charge in [0.25, 0.3) is 5.91 Å². The van der Waals surface area contributed by atoms with Crippen LogP contribution in [0.25, 0.3) is 0 Å². The number of anilines is 1. The first kappa shape index (κ1) is 25.6. The molecule has 2 aromatic rings. The molecule has 0 aromatic heterocycles. The number of nitrogens with one attached hydrogen (secondary N) is 3. The Bertz CT molecular complexity index is 984. The molecule has 2 unspecified atom stereocenters. The maximum Gasteiger partial charge on any atom is 0.302 e. The lowest BCUT2D eigenvalue weighted by Gasteiger charge is -2.24. The SMILES string of the molecule is CC(=O)OCc1ccc(NC(=O)C(C)NC(=O)C(NC(=O)c2ccc(C)cc2)C(C)C)cc1. The van der Waals surface area contributed by atoms with E-state index in [-0.39, 0.29) is 24.4 Å². The topological polar surface area (TPSA) is 114 Å². The maximum atomic E-state index is 12.8. The number of rotatable bonds is 9. The monoisotopic (exact) mass is 453 g/mol. The zero-order chi connectivity index (χ0) is 24.5. The van der Waals surface area contributed by atoms with Crippen molar-refractivity contribution in [2.45, 2.75) is 53.3 Å². The molecule has 0 radical (unpaired) electrons. The first-order valence-corrected chi connectivity index (χ1v) is 10.8. The zero-order valence-electron chi connectivity index (χ0n) is 19.6. The summed E-state index contributed by atoms with van der Waals surface area (Å²) in [5.41, 5.74) is 2.82. The molecule has 0 bridgehead atoms. The maximum absolute atomic E-state index is 12.8. The molecule has 0 heterocycles. The lowest BCUT2D eigenvalue weighted by atomic mass is 10.0. The van der Waals surface area contributed by atoms with Gasteiger partial charge in [-0.05, 0) is 49.6 Å². The van der Waals surface area contributed by atoms with Gasteiger partial charge in [0, 0.05) is 18.2 Å². The molecule has 0 aliphatic heterocycles. The minimum atomic E-state index is -0.823. The fourth-order valence-electron chi connectivity index (χ4n) is 2.95. The van der Waals surface area contributed by atoms with Gasteiger partial charge in [-0.1, -0.05) is 43.7 Å². The van der Waals surface area contributed by atoms with Crippen LogP contribution in [0.15, 0.2) is 48.5 Å². The fraction of sp³-hybridized carbons (Fsp3) is 0.360. The summed E-state index contributed by atoms with van der Waals surface area (Å²) < 4.78 is 4.93. The van der Waals surface area contributed by atoms with Crippen LogP contribution in [0.4, 0.5) is 5.69 Å². The van der Waals surface area contributed by atoms with Crippen molar-refractivity contribution in [3.8, 4) is 0 Å². The average Bonchev–Trinajstić information content (AvgIpc) is 2.76. The molecule has 3 amide bonds. The van der Waals surface area contributed by atoms with Crippen molar-refractivity contribution in [2.24, 2.45) is 5.92 Å². The first-order valence-electron chi connectivity index (χ1n) is 10.8. The van der Waals surface area contributed by atoms with Crippen LogP contribution in [0.2, 0.25) is 0 Å². The zero-order valence-corrected chi connectivity index (χ0v) is 19.6. The van der Waals surface area contributed by atoms with Crippen LogP contribution in [0.3, 0.4) is 0 Å². The van der Waals surface area contributed by atoms with Gasteiger partial charge in [0.1, 0.15) is 18.7 Å². The van der Waals surface area contributed by atoms with E-state index in [9.17, 15) is 19.2 Å². The number of benzene rings is 2. The van der Waals surface area contributed by atoms with Crippen LogP contribution in [0, 0.1) is 12.8 Å². The molecule has 0 spiro atoms. The molecule has 33 heavy (non-hydrogen) atoms. The van der Waals surface area contributed by atoms with E-state index >= 15 is 0 Å². The van der Waals surface area contributed by atoms with E-state index in [1.54, 1.807) is 43.3 Å². The van der Waals surface area contributed by atoms with Crippen LogP contribution in [-0.4, -0.2) is 35.8 Å². The van der Waals surface area contributed by atoms with Crippen LogP contribution < -0.4 is 16.0 Å². The van der Waals surface area contributed by atoms with Gasteiger partial charge in [-0.25, -0.2) is 0 Å². The Labute approximate surface area is 194 Å². The quantitative estimate of drug-likeness (QED) is 0.505. The Hall–Kier alpha value is -3.68. The Morgan fingerprint density at radius 3 is 2.00 bits per heavy atom. The van der Waals surface area contributed by atoms with E-state index in [0.717, 1.165) is 11.1 Å². The molecule has 0 aliphatic rings. The largest absolute Gasteiger partial charge is 0.461 e. The fourth-order valence-corrected chi connectivity index (χ4v) is 2.95. The van der Waals surface area contributed by atoms with Gasteiger partial charge in [0.05, 0.1) is 0 Å². The number of carbonyl (C=O) groups excluding carboxylic acids is 4. The van der Waals surface area contributed by atoms with Gasteiger partial charge in [0.2, 0.25) is 11.8 Å². The Morgan fingerprint density at radius 2 is 1.45 bits per heavy atom. The van der Waals surface area contributed by atoms with E-state index in [1.165, 1.54) is 6.92 Å². The highest BCUT2D eigenvalue weighted by molar-refractivity contribution is 6.00. The lowest BCUT2D eigenvalue weighted by molar-refractivity contribution is -0.142. The Kier molecular flexibility index (Phi) is 9.15. The highest BCUT2D eigenvalue weighted by atomic mass is 16.5. The summed E-state index contributed by atoms with van der Waals surface area (Å²) in [5.74, 6) is -1.74. The smallest absolute Gasteiger partial charge is 0.302 e. The van der Waals surface area contributed by atoms with Crippen molar-refractivity contribution in [1.82, 2.24) is 10.6 Å². The van der Waals surface area contributed by atoms with Crippen LogP contribution in [0.1, 0.15) is 49.2 Å². The van der Waals surface area contributed by atoms with Gasteiger partial charge in [-0.3, -0.25) is 19.2 Å². The summed E-state index contributed by atoms with van der Waals surface area (Å²) in [7, 11) is 0. The average molecular weight is 454 g/mol. The molecule has 0 fully saturated rings. The van der Waals surface area contributed by atoms with Crippen molar-refractivity contribution < 1.29 is 23.9 Å². The first-order chi connectivity index (χ1) is 15.6. The van der Waals surface area contributed by atoms with Crippen molar-refractivity contribution in [3.05, 3.63) is 65.2 Å². The number of carbonyl (C=O) groups is 4. The summed E-state index contributed by atoms with van der Waals surface area (Å²) in [6, 6.07) is 12.3. The van der Waals surface area contributed by atoms with E-state index in [2.05, 4.69) is 16.0 Å². The van der Waals surface area contributed by atoms with Gasteiger partial charge in [-0.2, -0.15) is 0 Å². The van der Waals surface area contributed by atoms with Gasteiger partial charge in [-0.15, -0.1) is 0 Å². The molecular weight excluding hydrogens is 422 g/mol. The molecule has 2 rings (SSSR count). The minimum Gasteiger partial charge on any atom is -0.461 e. The highest BCUT2D eigenvalue weighted by Crippen LogP contribution is 2.12. The van der Waals surface area contributed by atoms with Gasteiger partial charge >= 0.3 is 5.97 Å². The molecule has 2 atom stereocenters. The van der Waals surface area contributed by atoms with E-state index in [1.807, 2.05) is 32.9 Å². The number of amides is 3. The Balaban J connectivity index is 1.94. The van der Waals surface area contributed by atoms with Crippen molar-refractivity contribution >= 4 is 29.4 Å².